The molecule has 3 aromatic rings. The van der Waals surface area contributed by atoms with Crippen molar-refractivity contribution in [3.63, 3.8) is 0 Å². The Morgan fingerprint density at radius 2 is 1.63 bits per heavy atom. The molecule has 0 atom stereocenters. The number of rotatable bonds is 8. The van der Waals surface area contributed by atoms with E-state index < -0.39 is 5.97 Å². The molecule has 0 heterocycles. The van der Waals surface area contributed by atoms with Crippen molar-refractivity contribution in [2.45, 2.75) is 6.92 Å². The maximum atomic E-state index is 11.2. The van der Waals surface area contributed by atoms with Gasteiger partial charge in [-0.3, -0.25) is 0 Å². The molecule has 3 aromatic carbocycles. The molecular formula is C25H23BrO4. The Morgan fingerprint density at radius 1 is 0.933 bits per heavy atom. The molecule has 0 unspecified atom stereocenters. The van der Waals surface area contributed by atoms with E-state index in [1.807, 2.05) is 49.4 Å². The summed E-state index contributed by atoms with van der Waals surface area (Å²) in [5.74, 6) is 0.946. The van der Waals surface area contributed by atoms with Crippen LogP contribution in [0.15, 0.2) is 83.3 Å². The second-order valence-electron chi connectivity index (χ2n) is 6.59. The smallest absolute Gasteiger partial charge is 0.343 e. The van der Waals surface area contributed by atoms with Crippen molar-refractivity contribution in [3.8, 4) is 11.5 Å². The lowest BCUT2D eigenvalue weighted by molar-refractivity contribution is -0.142. The first kappa shape index (κ1) is 21.7. The van der Waals surface area contributed by atoms with Crippen molar-refractivity contribution in [1.29, 1.82) is 0 Å². The number of halogens is 1. The predicted octanol–water partition coefficient (Wildman–Crippen LogP) is 5.82. The van der Waals surface area contributed by atoms with Crippen molar-refractivity contribution in [2.24, 2.45) is 0 Å². The minimum Gasteiger partial charge on any atom is -0.489 e. The lowest BCUT2D eigenvalue weighted by Gasteiger charge is -2.12. The van der Waals surface area contributed by atoms with Crippen LogP contribution in [0, 0.1) is 6.92 Å². The zero-order valence-corrected chi connectivity index (χ0v) is 18.5. The molecular weight excluding hydrogens is 444 g/mol. The van der Waals surface area contributed by atoms with Gasteiger partial charge in [-0.15, -0.1) is 0 Å². The van der Waals surface area contributed by atoms with Gasteiger partial charge in [-0.25, -0.2) is 4.79 Å². The van der Waals surface area contributed by atoms with Crippen LogP contribution in [0.4, 0.5) is 0 Å². The van der Waals surface area contributed by atoms with Gasteiger partial charge < -0.3 is 14.2 Å². The van der Waals surface area contributed by atoms with Gasteiger partial charge in [-0.05, 0) is 65.6 Å². The standard InChI is InChI=1S/C25H23BrO4/c1-18-16-22(12-13-24(18)30-17-25(27)28-2)29-15-14-23(19-6-4-3-5-7-19)20-8-10-21(26)11-9-20/h3-14,16H,15,17H2,1-2H3. The van der Waals surface area contributed by atoms with E-state index in [0.29, 0.717) is 12.4 Å². The maximum Gasteiger partial charge on any atom is 0.343 e. The van der Waals surface area contributed by atoms with Crippen molar-refractivity contribution in [2.75, 3.05) is 20.3 Å². The van der Waals surface area contributed by atoms with Gasteiger partial charge in [0.2, 0.25) is 0 Å². The molecule has 0 aliphatic heterocycles. The normalized spacial score (nSPS) is 11.1. The number of methoxy groups -OCH3 is 1. The third-order valence-corrected chi connectivity index (χ3v) is 5.03. The molecule has 5 heteroatoms. The zero-order chi connectivity index (χ0) is 21.3. The second kappa shape index (κ2) is 10.6. The summed E-state index contributed by atoms with van der Waals surface area (Å²) in [7, 11) is 1.33. The van der Waals surface area contributed by atoms with E-state index in [4.69, 9.17) is 9.47 Å². The van der Waals surface area contributed by atoms with Crippen LogP contribution in [0.2, 0.25) is 0 Å². The molecule has 0 N–H and O–H groups in total. The van der Waals surface area contributed by atoms with Crippen LogP contribution in [-0.2, 0) is 9.53 Å². The van der Waals surface area contributed by atoms with E-state index in [1.165, 1.54) is 7.11 Å². The molecule has 4 nitrogen and oxygen atoms in total. The minimum atomic E-state index is -0.416. The molecule has 0 amide bonds. The number of carbonyl (C=O) groups excluding carboxylic acids is 1. The van der Waals surface area contributed by atoms with Crippen molar-refractivity contribution < 1.29 is 19.0 Å². The topological polar surface area (TPSA) is 44.8 Å². The highest BCUT2D eigenvalue weighted by Gasteiger charge is 2.07. The fourth-order valence-electron chi connectivity index (χ4n) is 2.94. The molecule has 3 rings (SSSR count). The van der Waals surface area contributed by atoms with E-state index in [9.17, 15) is 4.79 Å². The van der Waals surface area contributed by atoms with Crippen molar-refractivity contribution in [3.05, 3.63) is 100 Å². The average molecular weight is 467 g/mol. The first-order chi connectivity index (χ1) is 14.6. The quantitative estimate of drug-likeness (QED) is 0.392. The monoisotopic (exact) mass is 466 g/mol. The Balaban J connectivity index is 1.73. The Bertz CT molecular complexity index is 1010. The predicted molar refractivity (Wildman–Crippen MR) is 122 cm³/mol. The summed E-state index contributed by atoms with van der Waals surface area (Å²) in [6.45, 7) is 2.21. The number of ether oxygens (including phenoxy) is 3. The number of hydrogen-bond acceptors (Lipinski definition) is 4. The highest BCUT2D eigenvalue weighted by atomic mass is 79.9. The first-order valence-electron chi connectivity index (χ1n) is 9.51. The fourth-order valence-corrected chi connectivity index (χ4v) is 3.20. The molecule has 30 heavy (non-hydrogen) atoms. The Labute approximate surface area is 185 Å². The molecule has 0 bridgehead atoms. The van der Waals surface area contributed by atoms with Gasteiger partial charge in [-0.1, -0.05) is 58.4 Å². The van der Waals surface area contributed by atoms with Crippen LogP contribution in [0.5, 0.6) is 11.5 Å². The summed E-state index contributed by atoms with van der Waals surface area (Å²) in [6, 6.07) is 24.0. The number of hydrogen-bond donors (Lipinski definition) is 0. The molecule has 154 valence electrons. The summed E-state index contributed by atoms with van der Waals surface area (Å²) in [4.78, 5) is 11.2. The van der Waals surface area contributed by atoms with Gasteiger partial charge in [0.25, 0.3) is 0 Å². The SMILES string of the molecule is COC(=O)COc1ccc(OCC=C(c2ccccc2)c2ccc(Br)cc2)cc1C. The summed E-state index contributed by atoms with van der Waals surface area (Å²) in [5, 5.41) is 0. The Hall–Kier alpha value is -3.05. The van der Waals surface area contributed by atoms with Crippen LogP contribution in [-0.4, -0.2) is 26.3 Å². The van der Waals surface area contributed by atoms with E-state index in [2.05, 4.69) is 51.0 Å². The van der Waals surface area contributed by atoms with Crippen LogP contribution >= 0.6 is 15.9 Å². The van der Waals surface area contributed by atoms with E-state index >= 15 is 0 Å². The summed E-state index contributed by atoms with van der Waals surface area (Å²) >= 11 is 3.49. The lowest BCUT2D eigenvalue weighted by Crippen LogP contribution is -2.13. The number of benzene rings is 3. The molecule has 0 aliphatic carbocycles. The molecule has 0 fully saturated rings. The summed E-state index contributed by atoms with van der Waals surface area (Å²) < 4.78 is 17.1. The second-order valence-corrected chi connectivity index (χ2v) is 7.51. The molecule has 0 saturated carbocycles. The Kier molecular flexibility index (Phi) is 7.69. The molecule has 0 aromatic heterocycles. The maximum absolute atomic E-state index is 11.2. The van der Waals surface area contributed by atoms with Gasteiger partial charge in [0.1, 0.15) is 18.1 Å². The van der Waals surface area contributed by atoms with Crippen LogP contribution in [0.3, 0.4) is 0 Å². The summed E-state index contributed by atoms with van der Waals surface area (Å²) in [5.41, 5.74) is 4.25. The molecule has 0 spiro atoms. The Morgan fingerprint density at radius 3 is 2.30 bits per heavy atom. The average Bonchev–Trinajstić information content (AvgIpc) is 2.77. The fraction of sp³-hybridized carbons (Fsp3) is 0.160. The van der Waals surface area contributed by atoms with Crippen molar-refractivity contribution >= 4 is 27.5 Å². The lowest BCUT2D eigenvalue weighted by atomic mass is 9.98. The van der Waals surface area contributed by atoms with Gasteiger partial charge in [-0.2, -0.15) is 0 Å². The molecule has 0 aliphatic rings. The van der Waals surface area contributed by atoms with Crippen LogP contribution in [0.25, 0.3) is 5.57 Å². The van der Waals surface area contributed by atoms with Gasteiger partial charge in [0.05, 0.1) is 7.11 Å². The third kappa shape index (κ3) is 5.97. The van der Waals surface area contributed by atoms with Gasteiger partial charge >= 0.3 is 5.97 Å². The highest BCUT2D eigenvalue weighted by Crippen LogP contribution is 2.26. The third-order valence-electron chi connectivity index (χ3n) is 4.50. The van der Waals surface area contributed by atoms with Crippen LogP contribution in [0.1, 0.15) is 16.7 Å². The largest absolute Gasteiger partial charge is 0.489 e. The van der Waals surface area contributed by atoms with E-state index in [0.717, 1.165) is 32.5 Å². The van der Waals surface area contributed by atoms with Crippen molar-refractivity contribution in [1.82, 2.24) is 0 Å². The number of carbonyl (C=O) groups is 1. The summed E-state index contributed by atoms with van der Waals surface area (Å²) in [6.07, 6.45) is 2.08. The number of aryl methyl sites for hydroxylation is 1. The van der Waals surface area contributed by atoms with E-state index in [-0.39, 0.29) is 6.61 Å². The number of esters is 1. The van der Waals surface area contributed by atoms with Gasteiger partial charge in [0, 0.05) is 4.47 Å². The minimum absolute atomic E-state index is 0.117. The first-order valence-corrected chi connectivity index (χ1v) is 10.3. The van der Waals surface area contributed by atoms with Gasteiger partial charge in [0.15, 0.2) is 6.61 Å². The molecule has 0 saturated heterocycles. The van der Waals surface area contributed by atoms with E-state index in [1.54, 1.807) is 6.07 Å². The van der Waals surface area contributed by atoms with Crippen LogP contribution < -0.4 is 9.47 Å². The zero-order valence-electron chi connectivity index (χ0n) is 16.9. The molecule has 0 radical (unpaired) electrons. The highest BCUT2D eigenvalue weighted by molar-refractivity contribution is 9.10.